The normalized spacial score (nSPS) is 10.8. The maximum absolute atomic E-state index is 9.26. The first-order chi connectivity index (χ1) is 9.74. The minimum Gasteiger partial charge on any atom is -0.508 e. The van der Waals surface area contributed by atoms with Crippen molar-refractivity contribution >= 4 is 11.0 Å². The number of methoxy groups -OCH3 is 1. The maximum Gasteiger partial charge on any atom is 0.134 e. The molecule has 0 fully saturated rings. The van der Waals surface area contributed by atoms with Gasteiger partial charge in [-0.15, -0.1) is 0 Å². The van der Waals surface area contributed by atoms with Gasteiger partial charge in [-0.2, -0.15) is 0 Å². The molecule has 0 aliphatic rings. The third-order valence-corrected chi connectivity index (χ3v) is 3.37. The largest absolute Gasteiger partial charge is 0.508 e. The molecule has 20 heavy (non-hydrogen) atoms. The van der Waals surface area contributed by atoms with E-state index in [1.165, 1.54) is 5.56 Å². The second-order valence-corrected chi connectivity index (χ2v) is 4.78. The Kier molecular flexibility index (Phi) is 3.33. The van der Waals surface area contributed by atoms with Crippen LogP contribution in [0.3, 0.4) is 0 Å². The molecule has 0 saturated heterocycles. The van der Waals surface area contributed by atoms with E-state index in [2.05, 4.69) is 6.07 Å². The van der Waals surface area contributed by atoms with E-state index in [4.69, 9.17) is 9.15 Å². The van der Waals surface area contributed by atoms with Crippen LogP contribution < -0.4 is 4.74 Å². The molecule has 1 heterocycles. The summed E-state index contributed by atoms with van der Waals surface area (Å²) in [6, 6.07) is 15.1. The fourth-order valence-corrected chi connectivity index (χ4v) is 2.26. The average Bonchev–Trinajstić information content (AvgIpc) is 2.88. The fourth-order valence-electron chi connectivity index (χ4n) is 2.26. The molecule has 1 N–H and O–H groups in total. The summed E-state index contributed by atoms with van der Waals surface area (Å²) in [6.45, 7) is 0. The number of phenols is 1. The fraction of sp³-hybridized carbons (Fsp3) is 0.176. The number of phenolic OH excluding ortho intramolecular Hbond substituents is 1. The van der Waals surface area contributed by atoms with Gasteiger partial charge in [0, 0.05) is 11.8 Å². The van der Waals surface area contributed by atoms with Crippen LogP contribution in [0, 0.1) is 0 Å². The van der Waals surface area contributed by atoms with Gasteiger partial charge >= 0.3 is 0 Å². The van der Waals surface area contributed by atoms with Crippen LogP contribution in [0.2, 0.25) is 0 Å². The van der Waals surface area contributed by atoms with Crippen molar-refractivity contribution in [2.45, 2.75) is 12.8 Å². The molecule has 0 radical (unpaired) electrons. The van der Waals surface area contributed by atoms with Crippen LogP contribution in [0.4, 0.5) is 0 Å². The van der Waals surface area contributed by atoms with Crippen LogP contribution >= 0.6 is 0 Å². The topological polar surface area (TPSA) is 42.6 Å². The average molecular weight is 268 g/mol. The summed E-state index contributed by atoms with van der Waals surface area (Å²) in [4.78, 5) is 0. The molecule has 3 nitrogen and oxygen atoms in total. The van der Waals surface area contributed by atoms with Crippen LogP contribution in [-0.4, -0.2) is 12.2 Å². The lowest BCUT2D eigenvalue weighted by Crippen LogP contribution is -1.88. The quantitative estimate of drug-likeness (QED) is 0.779. The summed E-state index contributed by atoms with van der Waals surface area (Å²) in [5.41, 5.74) is 2.06. The zero-order valence-corrected chi connectivity index (χ0v) is 11.3. The van der Waals surface area contributed by atoms with Crippen molar-refractivity contribution in [3.8, 4) is 11.5 Å². The number of fused-ring (bicyclic) bond motifs is 1. The zero-order chi connectivity index (χ0) is 13.9. The number of furan rings is 1. The Balaban J connectivity index is 1.75. The van der Waals surface area contributed by atoms with E-state index < -0.39 is 0 Å². The van der Waals surface area contributed by atoms with Gasteiger partial charge in [0.2, 0.25) is 0 Å². The minimum atomic E-state index is 0.296. The first-order valence-corrected chi connectivity index (χ1v) is 6.59. The Morgan fingerprint density at radius 3 is 2.55 bits per heavy atom. The Hall–Kier alpha value is -2.42. The molecule has 3 aromatic rings. The molecule has 0 aliphatic carbocycles. The number of aryl methyl sites for hydroxylation is 2. The van der Waals surface area contributed by atoms with Crippen molar-refractivity contribution in [1.82, 2.24) is 0 Å². The third-order valence-electron chi connectivity index (χ3n) is 3.37. The molecule has 2 aromatic carbocycles. The Labute approximate surface area is 117 Å². The molecule has 3 rings (SSSR count). The standard InChI is InChI=1S/C17H16O3/c1-19-15-8-9-17-13(10-15)11-16(20-17)7-4-12-2-5-14(18)6-3-12/h2-3,5-6,8-11,18H,4,7H2,1H3. The Morgan fingerprint density at radius 2 is 1.80 bits per heavy atom. The summed E-state index contributed by atoms with van der Waals surface area (Å²) in [5.74, 6) is 2.09. The molecule has 102 valence electrons. The predicted molar refractivity (Wildman–Crippen MR) is 78.3 cm³/mol. The minimum absolute atomic E-state index is 0.296. The molecule has 0 saturated carbocycles. The SMILES string of the molecule is COc1ccc2oc(CCc3ccc(O)cc3)cc2c1. The summed E-state index contributed by atoms with van der Waals surface area (Å²) in [5, 5.41) is 10.3. The second kappa shape index (κ2) is 5.29. The number of benzene rings is 2. The number of aromatic hydroxyl groups is 1. The lowest BCUT2D eigenvalue weighted by atomic mass is 10.1. The summed E-state index contributed by atoms with van der Waals surface area (Å²) in [7, 11) is 1.66. The van der Waals surface area contributed by atoms with Crippen LogP contribution in [-0.2, 0) is 12.8 Å². The van der Waals surface area contributed by atoms with Gasteiger partial charge in [0.15, 0.2) is 0 Å². The zero-order valence-electron chi connectivity index (χ0n) is 11.3. The third kappa shape index (κ3) is 2.62. The molecule has 1 aromatic heterocycles. The predicted octanol–water partition coefficient (Wildman–Crippen LogP) is 3.93. The number of rotatable bonds is 4. The summed E-state index contributed by atoms with van der Waals surface area (Å²) in [6.07, 6.45) is 1.72. The number of ether oxygens (including phenoxy) is 1. The summed E-state index contributed by atoms with van der Waals surface area (Å²) < 4.78 is 11.0. The molecular formula is C17H16O3. The van der Waals surface area contributed by atoms with Crippen molar-refractivity contribution in [3.05, 3.63) is 59.9 Å². The van der Waals surface area contributed by atoms with Gasteiger partial charge in [0.1, 0.15) is 22.8 Å². The lowest BCUT2D eigenvalue weighted by Gasteiger charge is -1.99. The van der Waals surface area contributed by atoms with Crippen LogP contribution in [0.5, 0.6) is 11.5 Å². The number of hydrogen-bond acceptors (Lipinski definition) is 3. The van der Waals surface area contributed by atoms with Gasteiger partial charge < -0.3 is 14.3 Å². The van der Waals surface area contributed by atoms with Crippen molar-refractivity contribution in [3.63, 3.8) is 0 Å². The lowest BCUT2D eigenvalue weighted by molar-refractivity contribution is 0.415. The highest BCUT2D eigenvalue weighted by molar-refractivity contribution is 5.79. The van der Waals surface area contributed by atoms with E-state index in [-0.39, 0.29) is 0 Å². The van der Waals surface area contributed by atoms with E-state index in [9.17, 15) is 5.11 Å². The Bertz CT molecular complexity index is 711. The van der Waals surface area contributed by atoms with Crippen LogP contribution in [0.1, 0.15) is 11.3 Å². The molecule has 0 aliphatic heterocycles. The van der Waals surface area contributed by atoms with Crippen molar-refractivity contribution < 1.29 is 14.3 Å². The Morgan fingerprint density at radius 1 is 1.00 bits per heavy atom. The molecule has 0 atom stereocenters. The number of hydrogen-bond donors (Lipinski definition) is 1. The van der Waals surface area contributed by atoms with Gasteiger partial charge in [-0.3, -0.25) is 0 Å². The maximum atomic E-state index is 9.26. The van der Waals surface area contributed by atoms with Crippen LogP contribution in [0.25, 0.3) is 11.0 Å². The highest BCUT2D eigenvalue weighted by Gasteiger charge is 2.05. The van der Waals surface area contributed by atoms with Gasteiger partial charge in [0.05, 0.1) is 7.11 Å². The molecule has 0 bridgehead atoms. The van der Waals surface area contributed by atoms with Crippen molar-refractivity contribution in [1.29, 1.82) is 0 Å². The van der Waals surface area contributed by atoms with Crippen molar-refractivity contribution in [2.75, 3.05) is 7.11 Å². The molecule has 3 heteroatoms. The van der Waals surface area contributed by atoms with Crippen molar-refractivity contribution in [2.24, 2.45) is 0 Å². The monoisotopic (exact) mass is 268 g/mol. The van der Waals surface area contributed by atoms with Gasteiger partial charge in [-0.25, -0.2) is 0 Å². The molecule has 0 amide bonds. The molecular weight excluding hydrogens is 252 g/mol. The molecule has 0 spiro atoms. The van der Waals surface area contributed by atoms with Gasteiger partial charge in [-0.1, -0.05) is 12.1 Å². The van der Waals surface area contributed by atoms with E-state index >= 15 is 0 Å². The smallest absolute Gasteiger partial charge is 0.134 e. The highest BCUT2D eigenvalue weighted by atomic mass is 16.5. The van der Waals surface area contributed by atoms with Gasteiger partial charge in [0.25, 0.3) is 0 Å². The van der Waals surface area contributed by atoms with E-state index in [0.717, 1.165) is 35.3 Å². The second-order valence-electron chi connectivity index (χ2n) is 4.78. The van der Waals surface area contributed by atoms with E-state index in [1.807, 2.05) is 30.3 Å². The molecule has 0 unspecified atom stereocenters. The highest BCUT2D eigenvalue weighted by Crippen LogP contribution is 2.25. The van der Waals surface area contributed by atoms with Crippen LogP contribution in [0.15, 0.2) is 52.9 Å². The summed E-state index contributed by atoms with van der Waals surface area (Å²) >= 11 is 0. The van der Waals surface area contributed by atoms with E-state index in [0.29, 0.717) is 5.75 Å². The van der Waals surface area contributed by atoms with Gasteiger partial charge in [-0.05, 0) is 48.4 Å². The first-order valence-electron chi connectivity index (χ1n) is 6.59. The first kappa shape index (κ1) is 12.6. The van der Waals surface area contributed by atoms with E-state index in [1.54, 1.807) is 19.2 Å².